The fourth-order valence-corrected chi connectivity index (χ4v) is 2.20. The summed E-state index contributed by atoms with van der Waals surface area (Å²) in [6.45, 7) is 3.94. The van der Waals surface area contributed by atoms with Crippen LogP contribution in [-0.4, -0.2) is 15.1 Å². The Bertz CT molecular complexity index is 481. The van der Waals surface area contributed by atoms with Crippen LogP contribution in [0.3, 0.4) is 0 Å². The molecule has 0 aliphatic carbocycles. The molecule has 1 unspecified atom stereocenters. The van der Waals surface area contributed by atoms with Crippen molar-refractivity contribution in [3.63, 3.8) is 0 Å². The summed E-state index contributed by atoms with van der Waals surface area (Å²) >= 11 is 1.61. The van der Waals surface area contributed by atoms with Crippen molar-refractivity contribution in [2.45, 2.75) is 26.4 Å². The van der Waals surface area contributed by atoms with Gasteiger partial charge in [-0.2, -0.15) is 0 Å². The lowest BCUT2D eigenvalue weighted by Gasteiger charge is -2.09. The Hall–Kier alpha value is -1.26. The minimum Gasteiger partial charge on any atom is -0.388 e. The Balaban J connectivity index is 2.11. The molecule has 0 fully saturated rings. The highest BCUT2D eigenvalue weighted by Gasteiger charge is 2.10. The van der Waals surface area contributed by atoms with E-state index >= 15 is 0 Å². The zero-order valence-electron chi connectivity index (χ0n) is 9.34. The quantitative estimate of drug-likeness (QED) is 0.887. The van der Waals surface area contributed by atoms with E-state index in [2.05, 4.69) is 9.97 Å². The van der Waals surface area contributed by atoms with Gasteiger partial charge in [0.25, 0.3) is 0 Å². The molecule has 2 heterocycles. The Morgan fingerprint density at radius 3 is 2.81 bits per heavy atom. The van der Waals surface area contributed by atoms with E-state index in [9.17, 15) is 5.11 Å². The van der Waals surface area contributed by atoms with Gasteiger partial charge >= 0.3 is 0 Å². The van der Waals surface area contributed by atoms with Crippen LogP contribution in [0.25, 0.3) is 0 Å². The third-order valence-corrected chi connectivity index (χ3v) is 3.17. The van der Waals surface area contributed by atoms with Gasteiger partial charge in [0.2, 0.25) is 0 Å². The summed E-state index contributed by atoms with van der Waals surface area (Å²) in [6.07, 6.45) is 3.52. The van der Waals surface area contributed by atoms with Crippen LogP contribution in [0.15, 0.2) is 23.8 Å². The van der Waals surface area contributed by atoms with Crippen LogP contribution in [0.2, 0.25) is 0 Å². The van der Waals surface area contributed by atoms with Gasteiger partial charge in [0.15, 0.2) is 0 Å². The van der Waals surface area contributed by atoms with E-state index in [0.717, 1.165) is 21.8 Å². The first-order valence-corrected chi connectivity index (χ1v) is 6.04. The monoisotopic (exact) mass is 234 g/mol. The Kier molecular flexibility index (Phi) is 3.31. The second-order valence-corrected chi connectivity index (χ2v) is 4.94. The molecule has 3 nitrogen and oxygen atoms in total. The van der Waals surface area contributed by atoms with Crippen molar-refractivity contribution in [1.29, 1.82) is 0 Å². The number of nitrogens with zero attached hydrogens (tertiary/aromatic N) is 2. The minimum atomic E-state index is -0.520. The zero-order valence-corrected chi connectivity index (χ0v) is 10.2. The molecule has 1 N–H and O–H groups in total. The number of thiazole rings is 1. The number of aliphatic hydroxyl groups excluding tert-OH is 1. The summed E-state index contributed by atoms with van der Waals surface area (Å²) < 4.78 is 0. The standard InChI is InChI=1S/C12H14N2OS/c1-8-3-10(6-13-5-8)12(15)4-11-7-16-9(2)14-11/h3,5-7,12,15H,4H2,1-2H3. The molecule has 0 amide bonds. The maximum absolute atomic E-state index is 10.0. The van der Waals surface area contributed by atoms with Crippen LogP contribution in [0.1, 0.15) is 27.9 Å². The molecule has 84 valence electrons. The number of aliphatic hydroxyl groups is 1. The normalized spacial score (nSPS) is 12.7. The number of aromatic nitrogens is 2. The van der Waals surface area contributed by atoms with Crippen LogP contribution in [0, 0.1) is 13.8 Å². The van der Waals surface area contributed by atoms with E-state index in [1.54, 1.807) is 23.7 Å². The fraction of sp³-hybridized carbons (Fsp3) is 0.333. The Labute approximate surface area is 98.8 Å². The number of pyridine rings is 1. The third kappa shape index (κ3) is 2.65. The van der Waals surface area contributed by atoms with Crippen LogP contribution >= 0.6 is 11.3 Å². The van der Waals surface area contributed by atoms with Crippen molar-refractivity contribution in [3.05, 3.63) is 45.7 Å². The molecular weight excluding hydrogens is 220 g/mol. The van der Waals surface area contributed by atoms with E-state index in [1.807, 2.05) is 25.3 Å². The van der Waals surface area contributed by atoms with E-state index in [-0.39, 0.29) is 0 Å². The molecule has 0 aliphatic rings. The zero-order chi connectivity index (χ0) is 11.5. The first-order valence-electron chi connectivity index (χ1n) is 5.16. The lowest BCUT2D eigenvalue weighted by atomic mass is 10.1. The molecule has 2 aromatic heterocycles. The van der Waals surface area contributed by atoms with Crippen LogP contribution < -0.4 is 0 Å². The number of hydrogen-bond donors (Lipinski definition) is 1. The lowest BCUT2D eigenvalue weighted by molar-refractivity contribution is 0.177. The average molecular weight is 234 g/mol. The molecule has 0 saturated carbocycles. The molecule has 0 bridgehead atoms. The second kappa shape index (κ2) is 4.72. The SMILES string of the molecule is Cc1cncc(C(O)Cc2csc(C)n2)c1. The van der Waals surface area contributed by atoms with Crippen molar-refractivity contribution < 1.29 is 5.11 Å². The third-order valence-electron chi connectivity index (χ3n) is 2.35. The highest BCUT2D eigenvalue weighted by Crippen LogP contribution is 2.19. The molecular formula is C12H14N2OS. The summed E-state index contributed by atoms with van der Waals surface area (Å²) in [4.78, 5) is 8.41. The molecule has 2 aromatic rings. The van der Waals surface area contributed by atoms with Gasteiger partial charge in [-0.3, -0.25) is 4.98 Å². The first-order chi connectivity index (χ1) is 7.65. The van der Waals surface area contributed by atoms with Crippen LogP contribution in [0.5, 0.6) is 0 Å². The number of aryl methyl sites for hydroxylation is 2. The van der Waals surface area contributed by atoms with Crippen molar-refractivity contribution in [2.24, 2.45) is 0 Å². The summed E-state index contributed by atoms with van der Waals surface area (Å²) in [6, 6.07) is 1.96. The van der Waals surface area contributed by atoms with Gasteiger partial charge in [-0.05, 0) is 25.0 Å². The first kappa shape index (κ1) is 11.2. The summed E-state index contributed by atoms with van der Waals surface area (Å²) in [7, 11) is 0. The molecule has 0 spiro atoms. The van der Waals surface area contributed by atoms with E-state index in [1.165, 1.54) is 0 Å². The van der Waals surface area contributed by atoms with E-state index < -0.39 is 6.10 Å². The van der Waals surface area contributed by atoms with Crippen molar-refractivity contribution in [2.75, 3.05) is 0 Å². The van der Waals surface area contributed by atoms with Gasteiger partial charge in [-0.25, -0.2) is 4.98 Å². The van der Waals surface area contributed by atoms with Gasteiger partial charge in [0.05, 0.1) is 16.8 Å². The molecule has 0 radical (unpaired) electrons. The molecule has 2 rings (SSSR count). The van der Waals surface area contributed by atoms with Gasteiger partial charge < -0.3 is 5.11 Å². The van der Waals surface area contributed by atoms with Crippen molar-refractivity contribution >= 4 is 11.3 Å². The molecule has 0 aliphatic heterocycles. The lowest BCUT2D eigenvalue weighted by Crippen LogP contribution is -2.03. The number of hydrogen-bond acceptors (Lipinski definition) is 4. The fourth-order valence-electron chi connectivity index (χ4n) is 1.58. The maximum atomic E-state index is 10.0. The topological polar surface area (TPSA) is 46.0 Å². The molecule has 0 aromatic carbocycles. The Morgan fingerprint density at radius 2 is 2.19 bits per heavy atom. The molecule has 4 heteroatoms. The molecule has 16 heavy (non-hydrogen) atoms. The van der Waals surface area contributed by atoms with Gasteiger partial charge in [0, 0.05) is 24.2 Å². The summed E-state index contributed by atoms with van der Waals surface area (Å²) in [5.74, 6) is 0. The van der Waals surface area contributed by atoms with E-state index in [0.29, 0.717) is 6.42 Å². The highest BCUT2D eigenvalue weighted by molar-refractivity contribution is 7.09. The molecule has 0 saturated heterocycles. The predicted molar refractivity (Wildman–Crippen MR) is 64.5 cm³/mol. The van der Waals surface area contributed by atoms with Crippen molar-refractivity contribution in [3.8, 4) is 0 Å². The van der Waals surface area contributed by atoms with Gasteiger partial charge in [-0.15, -0.1) is 11.3 Å². The highest BCUT2D eigenvalue weighted by atomic mass is 32.1. The molecule has 1 atom stereocenters. The summed E-state index contributed by atoms with van der Waals surface area (Å²) in [5, 5.41) is 13.1. The van der Waals surface area contributed by atoms with Crippen LogP contribution in [-0.2, 0) is 6.42 Å². The number of rotatable bonds is 3. The van der Waals surface area contributed by atoms with Crippen molar-refractivity contribution in [1.82, 2.24) is 9.97 Å². The minimum absolute atomic E-state index is 0.520. The largest absolute Gasteiger partial charge is 0.388 e. The van der Waals surface area contributed by atoms with E-state index in [4.69, 9.17) is 0 Å². The Morgan fingerprint density at radius 1 is 1.38 bits per heavy atom. The smallest absolute Gasteiger partial charge is 0.0897 e. The average Bonchev–Trinajstić information content (AvgIpc) is 2.64. The second-order valence-electron chi connectivity index (χ2n) is 3.87. The van der Waals surface area contributed by atoms with Crippen LogP contribution in [0.4, 0.5) is 0 Å². The summed E-state index contributed by atoms with van der Waals surface area (Å²) in [5.41, 5.74) is 2.85. The van der Waals surface area contributed by atoms with Gasteiger partial charge in [-0.1, -0.05) is 6.07 Å². The van der Waals surface area contributed by atoms with Gasteiger partial charge in [0.1, 0.15) is 0 Å². The maximum Gasteiger partial charge on any atom is 0.0897 e. The predicted octanol–water partition coefficient (Wildman–Crippen LogP) is 2.43.